The summed E-state index contributed by atoms with van der Waals surface area (Å²) in [5, 5.41) is 27.0. The van der Waals surface area contributed by atoms with Crippen LogP contribution in [0.3, 0.4) is 0 Å². The van der Waals surface area contributed by atoms with Gasteiger partial charge in [0.1, 0.15) is 5.75 Å². The number of aliphatic hydroxyl groups is 2. The number of benzene rings is 1. The van der Waals surface area contributed by atoms with Crippen LogP contribution >= 0.6 is 15.9 Å². The first kappa shape index (κ1) is 9.51. The minimum absolute atomic E-state index is 0.0387. The van der Waals surface area contributed by atoms with Gasteiger partial charge in [-0.15, -0.1) is 0 Å². The third kappa shape index (κ3) is 1.77. The number of phenols is 1. The molecule has 3 N–H and O–H groups in total. The number of aromatic hydroxyl groups is 1. The molecule has 0 saturated heterocycles. The quantitative estimate of drug-likeness (QED) is 0.717. The van der Waals surface area contributed by atoms with Crippen LogP contribution in [0.1, 0.15) is 11.1 Å². The first-order valence-electron chi connectivity index (χ1n) is 3.41. The van der Waals surface area contributed by atoms with Gasteiger partial charge in [0.2, 0.25) is 0 Å². The van der Waals surface area contributed by atoms with Crippen molar-refractivity contribution in [2.45, 2.75) is 13.2 Å². The first-order valence-corrected chi connectivity index (χ1v) is 4.20. The monoisotopic (exact) mass is 232 g/mol. The van der Waals surface area contributed by atoms with Crippen molar-refractivity contribution >= 4 is 15.9 Å². The van der Waals surface area contributed by atoms with Crippen molar-refractivity contribution in [2.24, 2.45) is 0 Å². The SMILES string of the molecule is OCc1cc(Br)cc(CO)c1O. The van der Waals surface area contributed by atoms with Crippen LogP contribution in [-0.2, 0) is 13.2 Å². The van der Waals surface area contributed by atoms with E-state index in [1.54, 1.807) is 12.1 Å². The highest BCUT2D eigenvalue weighted by Gasteiger charge is 2.06. The first-order chi connectivity index (χ1) is 5.69. The molecule has 0 atom stereocenters. The van der Waals surface area contributed by atoms with E-state index in [0.717, 1.165) is 4.47 Å². The van der Waals surface area contributed by atoms with E-state index in [4.69, 9.17) is 10.2 Å². The molecule has 1 aromatic carbocycles. The zero-order valence-electron chi connectivity index (χ0n) is 6.29. The van der Waals surface area contributed by atoms with Gasteiger partial charge in [-0.05, 0) is 12.1 Å². The average molecular weight is 233 g/mol. The summed E-state index contributed by atoms with van der Waals surface area (Å²) in [6, 6.07) is 3.21. The van der Waals surface area contributed by atoms with Crippen LogP contribution in [0.25, 0.3) is 0 Å². The standard InChI is InChI=1S/C8H9BrO3/c9-7-1-5(3-10)8(12)6(2-7)4-11/h1-2,10-12H,3-4H2. The Balaban J connectivity index is 3.22. The van der Waals surface area contributed by atoms with E-state index >= 15 is 0 Å². The van der Waals surface area contributed by atoms with E-state index in [2.05, 4.69) is 15.9 Å². The molecule has 0 amide bonds. The molecule has 0 aromatic heterocycles. The highest BCUT2D eigenvalue weighted by molar-refractivity contribution is 9.10. The van der Waals surface area contributed by atoms with Crippen LogP contribution in [-0.4, -0.2) is 15.3 Å². The number of hydrogen-bond donors (Lipinski definition) is 3. The van der Waals surface area contributed by atoms with Crippen molar-refractivity contribution in [1.29, 1.82) is 0 Å². The lowest BCUT2D eigenvalue weighted by Crippen LogP contribution is -1.91. The second kappa shape index (κ2) is 3.89. The Kier molecular flexibility index (Phi) is 3.08. The molecule has 3 nitrogen and oxygen atoms in total. The third-order valence-corrected chi connectivity index (χ3v) is 2.03. The fourth-order valence-electron chi connectivity index (χ4n) is 0.959. The predicted octanol–water partition coefficient (Wildman–Crippen LogP) is 1.14. The smallest absolute Gasteiger partial charge is 0.126 e. The maximum absolute atomic E-state index is 9.37. The van der Waals surface area contributed by atoms with Crippen LogP contribution in [0.2, 0.25) is 0 Å². The Labute approximate surface area is 78.4 Å². The maximum atomic E-state index is 9.37. The zero-order chi connectivity index (χ0) is 9.14. The Morgan fingerprint density at radius 1 is 1.08 bits per heavy atom. The van der Waals surface area contributed by atoms with E-state index in [0.29, 0.717) is 11.1 Å². The van der Waals surface area contributed by atoms with E-state index < -0.39 is 0 Å². The maximum Gasteiger partial charge on any atom is 0.126 e. The third-order valence-electron chi connectivity index (χ3n) is 1.57. The van der Waals surface area contributed by atoms with Gasteiger partial charge in [0.25, 0.3) is 0 Å². The van der Waals surface area contributed by atoms with Crippen LogP contribution in [0.15, 0.2) is 16.6 Å². The van der Waals surface area contributed by atoms with Crippen molar-refractivity contribution in [3.63, 3.8) is 0 Å². The van der Waals surface area contributed by atoms with Crippen LogP contribution < -0.4 is 0 Å². The fraction of sp³-hybridized carbons (Fsp3) is 0.250. The molecular weight excluding hydrogens is 224 g/mol. The summed E-state index contributed by atoms with van der Waals surface area (Å²) >= 11 is 3.20. The zero-order valence-corrected chi connectivity index (χ0v) is 7.87. The van der Waals surface area contributed by atoms with Crippen molar-refractivity contribution < 1.29 is 15.3 Å². The minimum Gasteiger partial charge on any atom is -0.507 e. The summed E-state index contributed by atoms with van der Waals surface area (Å²) in [7, 11) is 0. The molecule has 0 unspecified atom stereocenters. The molecule has 1 rings (SSSR count). The van der Waals surface area contributed by atoms with Crippen LogP contribution in [0, 0.1) is 0 Å². The van der Waals surface area contributed by atoms with Crippen LogP contribution in [0.5, 0.6) is 5.75 Å². The minimum atomic E-state index is -0.238. The van der Waals surface area contributed by atoms with Gasteiger partial charge in [0.05, 0.1) is 13.2 Å². The van der Waals surface area contributed by atoms with Crippen molar-refractivity contribution in [2.75, 3.05) is 0 Å². The molecule has 0 aliphatic carbocycles. The number of halogens is 1. The van der Waals surface area contributed by atoms with E-state index in [1.807, 2.05) is 0 Å². The number of hydrogen-bond acceptors (Lipinski definition) is 3. The van der Waals surface area contributed by atoms with Crippen molar-refractivity contribution in [3.05, 3.63) is 27.7 Å². The lowest BCUT2D eigenvalue weighted by Gasteiger charge is -2.06. The lowest BCUT2D eigenvalue weighted by atomic mass is 10.1. The Bertz CT molecular complexity index is 261. The molecule has 0 saturated carbocycles. The van der Waals surface area contributed by atoms with Gasteiger partial charge < -0.3 is 15.3 Å². The van der Waals surface area contributed by atoms with Gasteiger partial charge in [0, 0.05) is 15.6 Å². The van der Waals surface area contributed by atoms with E-state index in [1.165, 1.54) is 0 Å². The predicted molar refractivity (Wildman–Crippen MR) is 47.7 cm³/mol. The molecule has 0 radical (unpaired) electrons. The van der Waals surface area contributed by atoms with Gasteiger partial charge >= 0.3 is 0 Å². The highest BCUT2D eigenvalue weighted by atomic mass is 79.9. The Morgan fingerprint density at radius 2 is 1.50 bits per heavy atom. The van der Waals surface area contributed by atoms with Gasteiger partial charge in [-0.1, -0.05) is 15.9 Å². The molecular formula is C8H9BrO3. The van der Waals surface area contributed by atoms with E-state index in [-0.39, 0.29) is 19.0 Å². The van der Waals surface area contributed by atoms with Gasteiger partial charge in [-0.25, -0.2) is 0 Å². The number of aliphatic hydroxyl groups excluding tert-OH is 2. The van der Waals surface area contributed by atoms with Gasteiger partial charge in [-0.3, -0.25) is 0 Å². The van der Waals surface area contributed by atoms with Crippen molar-refractivity contribution in [3.8, 4) is 5.75 Å². The lowest BCUT2D eigenvalue weighted by molar-refractivity contribution is 0.263. The fourth-order valence-corrected chi connectivity index (χ4v) is 1.51. The summed E-state index contributed by atoms with van der Waals surface area (Å²) in [6.45, 7) is -0.476. The summed E-state index contributed by atoms with van der Waals surface area (Å²) in [5.74, 6) is -0.0387. The Morgan fingerprint density at radius 3 is 1.83 bits per heavy atom. The average Bonchev–Trinajstić information content (AvgIpc) is 2.08. The molecule has 0 aliphatic heterocycles. The molecule has 0 aliphatic rings. The molecule has 0 bridgehead atoms. The van der Waals surface area contributed by atoms with Crippen LogP contribution in [0.4, 0.5) is 0 Å². The highest BCUT2D eigenvalue weighted by Crippen LogP contribution is 2.27. The number of rotatable bonds is 2. The Hall–Kier alpha value is -0.580. The molecule has 0 heterocycles. The second-order valence-corrected chi connectivity index (χ2v) is 3.30. The van der Waals surface area contributed by atoms with Crippen molar-refractivity contribution in [1.82, 2.24) is 0 Å². The summed E-state index contributed by atoms with van der Waals surface area (Å²) in [4.78, 5) is 0. The second-order valence-electron chi connectivity index (χ2n) is 2.39. The molecule has 12 heavy (non-hydrogen) atoms. The molecule has 1 aromatic rings. The van der Waals surface area contributed by atoms with Gasteiger partial charge in [-0.2, -0.15) is 0 Å². The molecule has 66 valence electrons. The van der Waals surface area contributed by atoms with Gasteiger partial charge in [0.15, 0.2) is 0 Å². The largest absolute Gasteiger partial charge is 0.507 e. The summed E-state index contributed by atoms with van der Waals surface area (Å²) in [6.07, 6.45) is 0. The summed E-state index contributed by atoms with van der Waals surface area (Å²) in [5.41, 5.74) is 0.821. The normalized spacial score (nSPS) is 10.2. The molecule has 0 fully saturated rings. The topological polar surface area (TPSA) is 60.7 Å². The molecule has 4 heteroatoms. The molecule has 0 spiro atoms. The van der Waals surface area contributed by atoms with E-state index in [9.17, 15) is 5.11 Å². The summed E-state index contributed by atoms with van der Waals surface area (Å²) < 4.78 is 0.730.